The van der Waals surface area contributed by atoms with E-state index in [1.54, 1.807) is 34.5 Å². The highest BCUT2D eigenvalue weighted by atomic mass is 32.2. The molecule has 3 rings (SSSR count). The quantitative estimate of drug-likeness (QED) is 0.393. The molecule has 2 aromatic carbocycles. The van der Waals surface area contributed by atoms with E-state index >= 15 is 0 Å². The van der Waals surface area contributed by atoms with Crippen LogP contribution in [0, 0.1) is 19.8 Å². The molecule has 0 atom stereocenters. The minimum atomic E-state index is -0.138. The number of fused-ring (bicyclic) bond motifs is 1. The molecule has 0 bridgehead atoms. The van der Waals surface area contributed by atoms with Gasteiger partial charge in [-0.2, -0.15) is 0 Å². The fourth-order valence-corrected chi connectivity index (χ4v) is 4.49. The van der Waals surface area contributed by atoms with Crippen LogP contribution >= 0.6 is 11.8 Å². The van der Waals surface area contributed by atoms with E-state index in [4.69, 9.17) is 4.98 Å². The van der Waals surface area contributed by atoms with Crippen LogP contribution in [-0.2, 0) is 12.3 Å². The van der Waals surface area contributed by atoms with E-state index in [0.717, 1.165) is 12.2 Å². The van der Waals surface area contributed by atoms with Crippen molar-refractivity contribution in [3.05, 3.63) is 69.0 Å². The number of carbonyl (C=O) groups excluding carboxylic acids is 1. The van der Waals surface area contributed by atoms with Gasteiger partial charge in [0.1, 0.15) is 0 Å². The highest BCUT2D eigenvalue weighted by Gasteiger charge is 2.15. The molecule has 0 aliphatic carbocycles. The molecule has 31 heavy (non-hydrogen) atoms. The Morgan fingerprint density at radius 3 is 2.65 bits per heavy atom. The lowest BCUT2D eigenvalue weighted by Crippen LogP contribution is -2.26. The van der Waals surface area contributed by atoms with Crippen LogP contribution in [0.5, 0.6) is 0 Å². The molecule has 3 aromatic rings. The standard InChI is InChI=1S/C25H31N3O2S/c1-6-11-26-23(29)19-9-10-21-22(13-19)27-25(28(24(21)30)14-16(2)3)31-15-20-12-17(4)7-8-18(20)5/h7-10,12-13,16H,6,11,14-15H2,1-5H3,(H,26,29). The van der Waals surface area contributed by atoms with Crippen LogP contribution in [0.4, 0.5) is 0 Å². The van der Waals surface area contributed by atoms with Gasteiger partial charge in [-0.3, -0.25) is 14.2 Å². The summed E-state index contributed by atoms with van der Waals surface area (Å²) in [5.74, 6) is 0.915. The number of nitrogens with one attached hydrogen (secondary N) is 1. The van der Waals surface area contributed by atoms with Crippen molar-refractivity contribution in [3.63, 3.8) is 0 Å². The van der Waals surface area contributed by atoms with Gasteiger partial charge >= 0.3 is 0 Å². The molecule has 6 heteroatoms. The molecule has 0 aliphatic rings. The van der Waals surface area contributed by atoms with E-state index in [1.165, 1.54) is 16.7 Å². The number of aryl methyl sites for hydroxylation is 2. The van der Waals surface area contributed by atoms with E-state index in [9.17, 15) is 9.59 Å². The number of amides is 1. The molecule has 0 fully saturated rings. The van der Waals surface area contributed by atoms with E-state index in [0.29, 0.717) is 40.6 Å². The number of carbonyl (C=O) groups is 1. The summed E-state index contributed by atoms with van der Waals surface area (Å²) in [6.07, 6.45) is 0.872. The Labute approximate surface area is 188 Å². The van der Waals surface area contributed by atoms with E-state index in [2.05, 4.69) is 51.2 Å². The average molecular weight is 438 g/mol. The lowest BCUT2D eigenvalue weighted by atomic mass is 10.1. The SMILES string of the molecule is CCCNC(=O)c1ccc2c(=O)n(CC(C)C)c(SCc3cc(C)ccc3C)nc2c1. The van der Waals surface area contributed by atoms with E-state index in [-0.39, 0.29) is 11.5 Å². The van der Waals surface area contributed by atoms with Gasteiger partial charge in [0.15, 0.2) is 5.16 Å². The molecule has 0 radical (unpaired) electrons. The fourth-order valence-electron chi connectivity index (χ4n) is 3.42. The predicted molar refractivity (Wildman–Crippen MR) is 129 cm³/mol. The summed E-state index contributed by atoms with van der Waals surface area (Å²) in [5.41, 5.74) is 4.73. The largest absolute Gasteiger partial charge is 0.352 e. The molecular weight excluding hydrogens is 406 g/mol. The first-order valence-corrected chi connectivity index (χ1v) is 11.8. The number of hydrogen-bond donors (Lipinski definition) is 1. The minimum absolute atomic E-state index is 0.0531. The number of aromatic nitrogens is 2. The predicted octanol–water partition coefficient (Wildman–Crippen LogP) is 5.10. The summed E-state index contributed by atoms with van der Waals surface area (Å²) in [6.45, 7) is 11.6. The Kier molecular flexibility index (Phi) is 7.55. The van der Waals surface area contributed by atoms with Gasteiger partial charge in [-0.15, -0.1) is 0 Å². The highest BCUT2D eigenvalue weighted by Crippen LogP contribution is 2.25. The van der Waals surface area contributed by atoms with Crippen molar-refractivity contribution < 1.29 is 4.79 Å². The van der Waals surface area contributed by atoms with Gasteiger partial charge in [0.2, 0.25) is 0 Å². The topological polar surface area (TPSA) is 64.0 Å². The third-order valence-electron chi connectivity index (χ3n) is 5.13. The smallest absolute Gasteiger partial charge is 0.262 e. The van der Waals surface area contributed by atoms with Crippen molar-refractivity contribution in [3.8, 4) is 0 Å². The molecule has 1 heterocycles. The average Bonchev–Trinajstić information content (AvgIpc) is 2.74. The number of hydrogen-bond acceptors (Lipinski definition) is 4. The molecule has 1 aromatic heterocycles. The third kappa shape index (κ3) is 5.56. The molecule has 164 valence electrons. The second-order valence-electron chi connectivity index (χ2n) is 8.41. The molecule has 0 saturated carbocycles. The summed E-state index contributed by atoms with van der Waals surface area (Å²) in [5, 5.41) is 4.12. The van der Waals surface area contributed by atoms with Crippen molar-refractivity contribution in [1.82, 2.24) is 14.9 Å². The van der Waals surface area contributed by atoms with Crippen LogP contribution in [0.3, 0.4) is 0 Å². The summed E-state index contributed by atoms with van der Waals surface area (Å²) < 4.78 is 1.78. The Morgan fingerprint density at radius 1 is 1.16 bits per heavy atom. The van der Waals surface area contributed by atoms with Crippen molar-refractivity contribution in [2.24, 2.45) is 5.92 Å². The van der Waals surface area contributed by atoms with Gasteiger partial charge in [0.25, 0.3) is 11.5 Å². The fraction of sp³-hybridized carbons (Fsp3) is 0.400. The Bertz CT molecular complexity index is 1150. The first-order valence-electron chi connectivity index (χ1n) is 10.8. The second kappa shape index (κ2) is 10.1. The zero-order valence-electron chi connectivity index (χ0n) is 19.0. The molecule has 5 nitrogen and oxygen atoms in total. The van der Waals surface area contributed by atoms with Gasteiger partial charge in [-0.05, 0) is 55.5 Å². The monoisotopic (exact) mass is 437 g/mol. The van der Waals surface area contributed by atoms with Gasteiger partial charge < -0.3 is 5.32 Å². The molecule has 0 aliphatic heterocycles. The summed E-state index contributed by atoms with van der Waals surface area (Å²) in [7, 11) is 0. The van der Waals surface area contributed by atoms with Crippen molar-refractivity contribution in [2.75, 3.05) is 6.54 Å². The molecule has 0 saturated heterocycles. The zero-order valence-corrected chi connectivity index (χ0v) is 19.8. The van der Waals surface area contributed by atoms with Gasteiger partial charge in [-0.25, -0.2) is 4.98 Å². The van der Waals surface area contributed by atoms with Crippen LogP contribution in [0.1, 0.15) is 54.2 Å². The maximum Gasteiger partial charge on any atom is 0.262 e. The Morgan fingerprint density at radius 2 is 1.94 bits per heavy atom. The summed E-state index contributed by atoms with van der Waals surface area (Å²) >= 11 is 1.57. The number of benzene rings is 2. The highest BCUT2D eigenvalue weighted by molar-refractivity contribution is 7.98. The van der Waals surface area contributed by atoms with Gasteiger partial charge in [-0.1, -0.05) is 56.3 Å². The Balaban J connectivity index is 2.02. The first-order chi connectivity index (χ1) is 14.8. The van der Waals surface area contributed by atoms with Crippen LogP contribution < -0.4 is 10.9 Å². The maximum absolute atomic E-state index is 13.3. The number of rotatable bonds is 8. The number of nitrogens with zero attached hydrogens (tertiary/aromatic N) is 2. The zero-order chi connectivity index (χ0) is 22.5. The van der Waals surface area contributed by atoms with Crippen LogP contribution in [0.25, 0.3) is 10.9 Å². The summed E-state index contributed by atoms with van der Waals surface area (Å²) in [6, 6.07) is 11.6. The molecule has 1 amide bonds. The van der Waals surface area contributed by atoms with E-state index in [1.807, 2.05) is 6.92 Å². The molecule has 1 N–H and O–H groups in total. The Hall–Kier alpha value is -2.60. The second-order valence-corrected chi connectivity index (χ2v) is 9.35. The van der Waals surface area contributed by atoms with Gasteiger partial charge in [0, 0.05) is 24.4 Å². The minimum Gasteiger partial charge on any atom is -0.352 e. The molecule has 0 spiro atoms. The van der Waals surface area contributed by atoms with Crippen LogP contribution in [-0.4, -0.2) is 22.0 Å². The normalized spacial score (nSPS) is 11.3. The lowest BCUT2D eigenvalue weighted by Gasteiger charge is -2.16. The van der Waals surface area contributed by atoms with E-state index < -0.39 is 0 Å². The van der Waals surface area contributed by atoms with Crippen molar-refractivity contribution in [2.45, 2.75) is 58.5 Å². The first kappa shape index (κ1) is 23.1. The van der Waals surface area contributed by atoms with Crippen LogP contribution in [0.15, 0.2) is 46.3 Å². The van der Waals surface area contributed by atoms with Crippen molar-refractivity contribution >= 4 is 28.6 Å². The number of thioether (sulfide) groups is 1. The summed E-state index contributed by atoms with van der Waals surface area (Å²) in [4.78, 5) is 30.5. The molecular formula is C25H31N3O2S. The third-order valence-corrected chi connectivity index (χ3v) is 6.15. The maximum atomic E-state index is 13.3. The van der Waals surface area contributed by atoms with Crippen molar-refractivity contribution in [1.29, 1.82) is 0 Å². The molecule has 0 unspecified atom stereocenters. The lowest BCUT2D eigenvalue weighted by molar-refractivity contribution is 0.0954. The van der Waals surface area contributed by atoms with Gasteiger partial charge in [0.05, 0.1) is 10.9 Å². The van der Waals surface area contributed by atoms with Crippen LogP contribution in [0.2, 0.25) is 0 Å².